The summed E-state index contributed by atoms with van der Waals surface area (Å²) in [6, 6.07) is 17.4. The van der Waals surface area contributed by atoms with Gasteiger partial charge in [0.15, 0.2) is 0 Å². The average Bonchev–Trinajstić information content (AvgIpc) is 3.19. The Hall–Kier alpha value is -2.33. The Kier molecular flexibility index (Phi) is 5.29. The molecular weight excluding hydrogens is 404 g/mol. The van der Waals surface area contributed by atoms with Crippen LogP contribution in [0.15, 0.2) is 54.7 Å². The Labute approximate surface area is 190 Å². The summed E-state index contributed by atoms with van der Waals surface area (Å²) in [5, 5.41) is 9.77. The van der Waals surface area contributed by atoms with Gasteiger partial charge in [-0.2, -0.15) is 0 Å². The molecule has 31 heavy (non-hydrogen) atoms. The van der Waals surface area contributed by atoms with Gasteiger partial charge in [0.1, 0.15) is 5.69 Å². The van der Waals surface area contributed by atoms with Crippen LogP contribution in [0.4, 0.5) is 5.69 Å². The van der Waals surface area contributed by atoms with Crippen LogP contribution in [0.3, 0.4) is 0 Å². The minimum atomic E-state index is 0.118. The molecule has 5 rings (SSSR count). The maximum atomic E-state index is 6.45. The number of halogens is 1. The zero-order chi connectivity index (χ0) is 21.6. The Morgan fingerprint density at radius 1 is 1.06 bits per heavy atom. The van der Waals surface area contributed by atoms with Crippen LogP contribution in [-0.2, 0) is 18.5 Å². The van der Waals surface area contributed by atoms with Crippen molar-refractivity contribution in [3.05, 3.63) is 76.6 Å². The van der Waals surface area contributed by atoms with Crippen molar-refractivity contribution >= 4 is 17.3 Å². The van der Waals surface area contributed by atoms with Crippen LogP contribution in [0.2, 0.25) is 5.02 Å². The number of rotatable bonds is 4. The lowest BCUT2D eigenvalue weighted by atomic mass is 9.60. The number of hydrogen-bond donors (Lipinski definition) is 0. The normalized spacial score (nSPS) is 24.5. The van der Waals surface area contributed by atoms with E-state index in [9.17, 15) is 0 Å². The average molecular weight is 435 g/mol. The third kappa shape index (κ3) is 3.87. The van der Waals surface area contributed by atoms with E-state index in [1.807, 2.05) is 16.8 Å². The Morgan fingerprint density at radius 3 is 2.68 bits per heavy atom. The first-order valence-electron chi connectivity index (χ1n) is 11.4. The molecule has 162 valence electrons. The van der Waals surface area contributed by atoms with Crippen LogP contribution in [0, 0.1) is 11.8 Å². The standard InChI is InChI=1S/C26H31ClN4/c1-18-9-11-22-25(13-18)31(24-12-10-20(27)14-23(24)26(22,2)3)17-21-16-30(29-28-21)15-19-7-5-4-6-8-19/h4-8,10,12,14,16,18,22,25H,9,11,13,15,17H2,1-3H3. The highest BCUT2D eigenvalue weighted by Gasteiger charge is 2.47. The second-order valence-electron chi connectivity index (χ2n) is 10.00. The summed E-state index contributed by atoms with van der Waals surface area (Å²) in [5.74, 6) is 1.37. The summed E-state index contributed by atoms with van der Waals surface area (Å²) in [5.41, 5.74) is 5.05. The largest absolute Gasteiger partial charge is 0.362 e. The van der Waals surface area contributed by atoms with E-state index in [2.05, 4.69) is 78.6 Å². The molecule has 1 aliphatic carbocycles. The summed E-state index contributed by atoms with van der Waals surface area (Å²) in [6.45, 7) is 8.74. The molecule has 0 bridgehead atoms. The smallest absolute Gasteiger partial charge is 0.102 e. The molecule has 3 aromatic rings. The van der Waals surface area contributed by atoms with Crippen molar-refractivity contribution in [1.82, 2.24) is 15.0 Å². The van der Waals surface area contributed by atoms with Gasteiger partial charge < -0.3 is 4.90 Å². The van der Waals surface area contributed by atoms with E-state index in [0.717, 1.165) is 29.7 Å². The van der Waals surface area contributed by atoms with Crippen molar-refractivity contribution in [2.45, 2.75) is 64.6 Å². The molecule has 5 heteroatoms. The second kappa shape index (κ2) is 7.98. The first kappa shape index (κ1) is 20.6. The van der Waals surface area contributed by atoms with Crippen molar-refractivity contribution in [1.29, 1.82) is 0 Å². The zero-order valence-corrected chi connectivity index (χ0v) is 19.4. The number of anilines is 1. The Bertz CT molecular complexity index is 1060. The van der Waals surface area contributed by atoms with Crippen LogP contribution in [0.5, 0.6) is 0 Å². The SMILES string of the molecule is CC1CCC2C(C1)N(Cc1cn(Cc3ccccc3)nn1)c1ccc(Cl)cc1C2(C)C. The molecule has 1 fully saturated rings. The molecule has 1 saturated carbocycles. The van der Waals surface area contributed by atoms with Gasteiger partial charge in [-0.05, 0) is 59.4 Å². The quantitative estimate of drug-likeness (QED) is 0.498. The number of benzene rings is 2. The van der Waals surface area contributed by atoms with Gasteiger partial charge >= 0.3 is 0 Å². The third-order valence-corrected chi connectivity index (χ3v) is 7.71. The van der Waals surface area contributed by atoms with E-state index in [1.54, 1.807) is 0 Å². The van der Waals surface area contributed by atoms with E-state index >= 15 is 0 Å². The fraction of sp³-hybridized carbons (Fsp3) is 0.462. The summed E-state index contributed by atoms with van der Waals surface area (Å²) >= 11 is 6.45. The van der Waals surface area contributed by atoms with Gasteiger partial charge in [-0.1, -0.05) is 74.3 Å². The molecule has 0 N–H and O–H groups in total. The van der Waals surface area contributed by atoms with Crippen molar-refractivity contribution in [3.63, 3.8) is 0 Å². The summed E-state index contributed by atoms with van der Waals surface area (Å²) in [6.07, 6.45) is 5.90. The van der Waals surface area contributed by atoms with Gasteiger partial charge in [0.25, 0.3) is 0 Å². The molecule has 2 aromatic carbocycles. The number of nitrogens with zero attached hydrogens (tertiary/aromatic N) is 4. The van der Waals surface area contributed by atoms with Crippen molar-refractivity contribution in [2.24, 2.45) is 11.8 Å². The van der Waals surface area contributed by atoms with E-state index in [1.165, 1.54) is 36.1 Å². The second-order valence-corrected chi connectivity index (χ2v) is 10.4. The van der Waals surface area contributed by atoms with Crippen LogP contribution in [0.25, 0.3) is 0 Å². The van der Waals surface area contributed by atoms with Gasteiger partial charge in [-0.15, -0.1) is 5.10 Å². The van der Waals surface area contributed by atoms with Gasteiger partial charge in [0.2, 0.25) is 0 Å². The van der Waals surface area contributed by atoms with Crippen molar-refractivity contribution in [2.75, 3.05) is 4.90 Å². The summed E-state index contributed by atoms with van der Waals surface area (Å²) in [4.78, 5) is 2.59. The molecule has 3 atom stereocenters. The fourth-order valence-electron chi connectivity index (χ4n) is 5.83. The van der Waals surface area contributed by atoms with Crippen LogP contribution in [-0.4, -0.2) is 21.0 Å². The molecule has 3 unspecified atom stereocenters. The van der Waals surface area contributed by atoms with Gasteiger partial charge in [-0.25, -0.2) is 4.68 Å². The van der Waals surface area contributed by atoms with Gasteiger partial charge in [0.05, 0.1) is 19.3 Å². The molecule has 0 amide bonds. The summed E-state index contributed by atoms with van der Waals surface area (Å²) in [7, 11) is 0. The molecule has 1 aromatic heterocycles. The third-order valence-electron chi connectivity index (χ3n) is 7.47. The number of hydrogen-bond acceptors (Lipinski definition) is 3. The van der Waals surface area contributed by atoms with E-state index in [4.69, 9.17) is 11.6 Å². The lowest BCUT2D eigenvalue weighted by molar-refractivity contribution is 0.151. The highest BCUT2D eigenvalue weighted by atomic mass is 35.5. The van der Waals surface area contributed by atoms with Crippen LogP contribution >= 0.6 is 11.6 Å². The number of aromatic nitrogens is 3. The molecule has 0 radical (unpaired) electrons. The Balaban J connectivity index is 1.47. The summed E-state index contributed by atoms with van der Waals surface area (Å²) < 4.78 is 1.95. The lowest BCUT2D eigenvalue weighted by Gasteiger charge is -2.54. The fourth-order valence-corrected chi connectivity index (χ4v) is 6.00. The molecular formula is C26H31ClN4. The minimum absolute atomic E-state index is 0.118. The molecule has 2 heterocycles. The Morgan fingerprint density at radius 2 is 1.87 bits per heavy atom. The molecule has 1 aliphatic heterocycles. The monoisotopic (exact) mass is 434 g/mol. The van der Waals surface area contributed by atoms with Gasteiger partial charge in [0, 0.05) is 16.8 Å². The first-order valence-corrected chi connectivity index (χ1v) is 11.8. The molecule has 0 spiro atoms. The predicted octanol–water partition coefficient (Wildman–Crippen LogP) is 6.08. The minimum Gasteiger partial charge on any atom is -0.362 e. The first-order chi connectivity index (χ1) is 14.9. The van der Waals surface area contributed by atoms with Crippen LogP contribution < -0.4 is 4.90 Å². The van der Waals surface area contributed by atoms with Crippen LogP contribution in [0.1, 0.15) is 56.9 Å². The zero-order valence-electron chi connectivity index (χ0n) is 18.6. The van der Waals surface area contributed by atoms with E-state index in [-0.39, 0.29) is 5.41 Å². The molecule has 0 saturated heterocycles. The van der Waals surface area contributed by atoms with Crippen molar-refractivity contribution < 1.29 is 0 Å². The van der Waals surface area contributed by atoms with E-state index < -0.39 is 0 Å². The molecule has 2 aliphatic rings. The predicted molar refractivity (Wildman–Crippen MR) is 127 cm³/mol. The topological polar surface area (TPSA) is 34.0 Å². The maximum Gasteiger partial charge on any atom is 0.102 e. The maximum absolute atomic E-state index is 6.45. The highest BCUT2D eigenvalue weighted by molar-refractivity contribution is 6.30. The number of fused-ring (bicyclic) bond motifs is 2. The molecule has 4 nitrogen and oxygen atoms in total. The lowest BCUT2D eigenvalue weighted by Crippen LogP contribution is -2.54. The van der Waals surface area contributed by atoms with Crippen molar-refractivity contribution in [3.8, 4) is 0 Å². The van der Waals surface area contributed by atoms with Gasteiger partial charge in [-0.3, -0.25) is 0 Å². The van der Waals surface area contributed by atoms with E-state index in [0.29, 0.717) is 12.0 Å². The highest BCUT2D eigenvalue weighted by Crippen LogP contribution is 2.52.